The Balaban J connectivity index is 1.91. The van der Waals surface area contributed by atoms with Crippen molar-refractivity contribution in [3.8, 4) is 0 Å². The van der Waals surface area contributed by atoms with Gasteiger partial charge in [-0.15, -0.1) is 11.3 Å². The second kappa shape index (κ2) is 6.20. The first-order valence-corrected chi connectivity index (χ1v) is 8.71. The summed E-state index contributed by atoms with van der Waals surface area (Å²) in [7, 11) is 1.95. The van der Waals surface area contributed by atoms with Gasteiger partial charge in [-0.25, -0.2) is 9.97 Å². The Bertz CT molecular complexity index is 693. The summed E-state index contributed by atoms with van der Waals surface area (Å²) in [5, 5.41) is 1.16. The number of fused-ring (bicyclic) bond motifs is 3. The molecule has 0 radical (unpaired) electrons. The molecule has 0 saturated heterocycles. The first-order valence-electron chi connectivity index (χ1n) is 7.89. The van der Waals surface area contributed by atoms with Crippen molar-refractivity contribution in [1.29, 1.82) is 0 Å². The van der Waals surface area contributed by atoms with Crippen molar-refractivity contribution < 1.29 is 4.79 Å². The second-order valence-electron chi connectivity index (χ2n) is 5.66. The van der Waals surface area contributed by atoms with Gasteiger partial charge in [0.25, 0.3) is 0 Å². The molecule has 22 heavy (non-hydrogen) atoms. The Morgan fingerprint density at radius 1 is 1.27 bits per heavy atom. The van der Waals surface area contributed by atoms with Gasteiger partial charge < -0.3 is 9.80 Å². The van der Waals surface area contributed by atoms with Crippen molar-refractivity contribution >= 4 is 33.3 Å². The highest BCUT2D eigenvalue weighted by atomic mass is 32.1. The number of rotatable bonds is 5. The summed E-state index contributed by atoms with van der Waals surface area (Å²) in [5.74, 6) is 1.04. The van der Waals surface area contributed by atoms with Crippen molar-refractivity contribution in [2.24, 2.45) is 0 Å². The standard InChI is InChI=1S/C16H22N4OS/c1-4-20(5-2)13(21)9-19(3)15-14-11-7-6-8-12(11)22-16(14)18-10-17-15/h10H,4-9H2,1-3H3. The molecule has 0 aromatic carbocycles. The summed E-state index contributed by atoms with van der Waals surface area (Å²) < 4.78 is 0. The lowest BCUT2D eigenvalue weighted by Crippen LogP contribution is -2.39. The molecule has 3 rings (SSSR count). The lowest BCUT2D eigenvalue weighted by Gasteiger charge is -2.24. The van der Waals surface area contributed by atoms with Crippen molar-refractivity contribution in [3.63, 3.8) is 0 Å². The maximum atomic E-state index is 12.3. The van der Waals surface area contributed by atoms with Gasteiger partial charge >= 0.3 is 0 Å². The van der Waals surface area contributed by atoms with Crippen LogP contribution in [0.2, 0.25) is 0 Å². The molecular formula is C16H22N4OS. The van der Waals surface area contributed by atoms with E-state index in [1.165, 1.54) is 16.9 Å². The van der Waals surface area contributed by atoms with Gasteiger partial charge in [0.2, 0.25) is 5.91 Å². The van der Waals surface area contributed by atoms with E-state index in [0.29, 0.717) is 6.54 Å². The highest BCUT2D eigenvalue weighted by Crippen LogP contribution is 2.39. The monoisotopic (exact) mass is 318 g/mol. The third-order valence-corrected chi connectivity index (χ3v) is 5.53. The molecule has 0 fully saturated rings. The van der Waals surface area contributed by atoms with E-state index in [1.54, 1.807) is 17.7 Å². The molecule has 2 aromatic heterocycles. The number of carbonyl (C=O) groups excluding carboxylic acids is 1. The topological polar surface area (TPSA) is 49.3 Å². The van der Waals surface area contributed by atoms with Gasteiger partial charge in [-0.2, -0.15) is 0 Å². The van der Waals surface area contributed by atoms with E-state index in [4.69, 9.17) is 0 Å². The predicted octanol–water partition coefficient (Wildman–Crippen LogP) is 2.48. The summed E-state index contributed by atoms with van der Waals surface area (Å²) in [6, 6.07) is 0. The first-order chi connectivity index (χ1) is 10.7. The summed E-state index contributed by atoms with van der Waals surface area (Å²) in [6.45, 7) is 5.87. The van der Waals surface area contributed by atoms with Crippen LogP contribution in [0.4, 0.5) is 5.82 Å². The zero-order chi connectivity index (χ0) is 15.7. The SMILES string of the molecule is CCN(CC)C(=O)CN(C)c1ncnc2sc3c(c12)CCC3. The average Bonchev–Trinajstić information content (AvgIpc) is 3.08. The Labute approximate surface area is 135 Å². The van der Waals surface area contributed by atoms with E-state index < -0.39 is 0 Å². The molecule has 0 spiro atoms. The third kappa shape index (κ3) is 2.56. The van der Waals surface area contributed by atoms with Crippen LogP contribution in [0.1, 0.15) is 30.7 Å². The number of anilines is 1. The minimum absolute atomic E-state index is 0.145. The number of carbonyl (C=O) groups is 1. The van der Waals surface area contributed by atoms with Crippen LogP contribution >= 0.6 is 11.3 Å². The molecule has 0 unspecified atom stereocenters. The predicted molar refractivity (Wildman–Crippen MR) is 90.6 cm³/mol. The Hall–Kier alpha value is -1.69. The molecule has 0 N–H and O–H groups in total. The molecule has 118 valence electrons. The van der Waals surface area contributed by atoms with Gasteiger partial charge in [0, 0.05) is 25.0 Å². The molecule has 0 bridgehead atoms. The van der Waals surface area contributed by atoms with E-state index >= 15 is 0 Å². The summed E-state index contributed by atoms with van der Waals surface area (Å²) in [4.78, 5) is 27.6. The summed E-state index contributed by atoms with van der Waals surface area (Å²) in [6.07, 6.45) is 5.08. The van der Waals surface area contributed by atoms with Crippen LogP contribution in [0.15, 0.2) is 6.33 Å². The van der Waals surface area contributed by atoms with E-state index in [-0.39, 0.29) is 5.91 Å². The van der Waals surface area contributed by atoms with Crippen molar-refractivity contribution in [2.75, 3.05) is 31.6 Å². The fourth-order valence-electron chi connectivity index (χ4n) is 3.16. The van der Waals surface area contributed by atoms with E-state index in [0.717, 1.165) is 42.0 Å². The Morgan fingerprint density at radius 3 is 2.77 bits per heavy atom. The largest absolute Gasteiger partial charge is 0.350 e. The normalized spacial score (nSPS) is 13.4. The number of amides is 1. The van der Waals surface area contributed by atoms with Gasteiger partial charge in [0.1, 0.15) is 17.0 Å². The molecule has 0 aliphatic heterocycles. The number of likely N-dealkylation sites (N-methyl/N-ethyl adjacent to an activating group) is 2. The maximum absolute atomic E-state index is 12.3. The van der Waals surface area contributed by atoms with Gasteiger partial charge in [-0.3, -0.25) is 4.79 Å². The van der Waals surface area contributed by atoms with Crippen LogP contribution in [0, 0.1) is 0 Å². The molecule has 0 saturated carbocycles. The zero-order valence-corrected chi connectivity index (χ0v) is 14.2. The van der Waals surface area contributed by atoms with Gasteiger partial charge in [-0.1, -0.05) is 0 Å². The molecule has 1 aliphatic rings. The van der Waals surface area contributed by atoms with Crippen LogP contribution in [-0.2, 0) is 17.6 Å². The van der Waals surface area contributed by atoms with Gasteiger partial charge in [0.15, 0.2) is 0 Å². The number of hydrogen-bond donors (Lipinski definition) is 0. The number of aryl methyl sites for hydroxylation is 2. The number of nitrogens with zero attached hydrogens (tertiary/aromatic N) is 4. The number of aromatic nitrogens is 2. The maximum Gasteiger partial charge on any atom is 0.242 e. The smallest absolute Gasteiger partial charge is 0.242 e. The number of hydrogen-bond acceptors (Lipinski definition) is 5. The van der Waals surface area contributed by atoms with Crippen molar-refractivity contribution in [2.45, 2.75) is 33.1 Å². The summed E-state index contributed by atoms with van der Waals surface area (Å²) in [5.41, 5.74) is 1.40. The molecule has 5 nitrogen and oxygen atoms in total. The minimum Gasteiger partial charge on any atom is -0.350 e. The Kier molecular flexibility index (Phi) is 4.29. The quantitative estimate of drug-likeness (QED) is 0.850. The van der Waals surface area contributed by atoms with Gasteiger partial charge in [0.05, 0.1) is 11.9 Å². The van der Waals surface area contributed by atoms with Crippen LogP contribution in [0.5, 0.6) is 0 Å². The highest BCUT2D eigenvalue weighted by Gasteiger charge is 2.23. The average molecular weight is 318 g/mol. The molecule has 2 heterocycles. The zero-order valence-electron chi connectivity index (χ0n) is 13.4. The molecule has 1 amide bonds. The molecule has 6 heteroatoms. The molecular weight excluding hydrogens is 296 g/mol. The fourth-order valence-corrected chi connectivity index (χ4v) is 4.38. The third-order valence-electron chi connectivity index (χ3n) is 4.33. The van der Waals surface area contributed by atoms with Crippen LogP contribution in [0.25, 0.3) is 10.2 Å². The Morgan fingerprint density at radius 2 is 2.05 bits per heavy atom. The van der Waals surface area contributed by atoms with E-state index in [2.05, 4.69) is 9.97 Å². The fraction of sp³-hybridized carbons (Fsp3) is 0.562. The molecule has 0 atom stereocenters. The van der Waals surface area contributed by atoms with Crippen LogP contribution < -0.4 is 4.90 Å². The molecule has 2 aromatic rings. The van der Waals surface area contributed by atoms with E-state index in [9.17, 15) is 4.79 Å². The summed E-state index contributed by atoms with van der Waals surface area (Å²) >= 11 is 1.78. The van der Waals surface area contributed by atoms with E-state index in [1.807, 2.05) is 30.7 Å². The number of thiophene rings is 1. The lowest BCUT2D eigenvalue weighted by molar-refractivity contribution is -0.129. The lowest BCUT2D eigenvalue weighted by atomic mass is 10.2. The van der Waals surface area contributed by atoms with Crippen molar-refractivity contribution in [3.05, 3.63) is 16.8 Å². The van der Waals surface area contributed by atoms with Gasteiger partial charge in [-0.05, 0) is 38.7 Å². The minimum atomic E-state index is 0.145. The second-order valence-corrected chi connectivity index (χ2v) is 6.74. The van der Waals surface area contributed by atoms with Crippen molar-refractivity contribution in [1.82, 2.24) is 14.9 Å². The molecule has 1 aliphatic carbocycles. The van der Waals surface area contributed by atoms with Crippen LogP contribution in [0.3, 0.4) is 0 Å². The first kappa shape index (κ1) is 15.2. The van der Waals surface area contributed by atoms with Crippen LogP contribution in [-0.4, -0.2) is 47.5 Å². The highest BCUT2D eigenvalue weighted by molar-refractivity contribution is 7.19.